The molecule has 2 heterocycles. The van der Waals surface area contributed by atoms with Crippen LogP contribution in [0.1, 0.15) is 5.69 Å². The largest absolute Gasteiger partial charge is 0.480 e. The highest BCUT2D eigenvalue weighted by atomic mass is 16.4. The Bertz CT molecular complexity index is 498. The van der Waals surface area contributed by atoms with Gasteiger partial charge < -0.3 is 15.3 Å². The Labute approximate surface area is 117 Å². The van der Waals surface area contributed by atoms with Gasteiger partial charge in [0, 0.05) is 32.4 Å². The maximum absolute atomic E-state index is 12.1. The molecule has 1 aromatic rings. The van der Waals surface area contributed by atoms with Gasteiger partial charge in [-0.1, -0.05) is 0 Å². The smallest absolute Gasteiger partial charge is 0.321 e. The Kier molecular flexibility index (Phi) is 4.52. The van der Waals surface area contributed by atoms with Crippen LogP contribution in [-0.4, -0.2) is 64.6 Å². The number of aromatic nitrogens is 1. The fourth-order valence-corrected chi connectivity index (χ4v) is 2.11. The molecule has 108 valence electrons. The predicted molar refractivity (Wildman–Crippen MR) is 73.6 cm³/mol. The summed E-state index contributed by atoms with van der Waals surface area (Å²) < 4.78 is 0. The summed E-state index contributed by atoms with van der Waals surface area (Å²) in [5.41, 5.74) is 1.47. The molecule has 2 rings (SSSR count). The maximum Gasteiger partial charge on any atom is 0.321 e. The average molecular weight is 278 g/mol. The van der Waals surface area contributed by atoms with Crippen molar-refractivity contribution in [1.29, 1.82) is 0 Å². The number of urea groups is 1. The van der Waals surface area contributed by atoms with Crippen LogP contribution in [-0.2, 0) is 4.79 Å². The van der Waals surface area contributed by atoms with E-state index in [1.807, 2.05) is 11.8 Å². The van der Waals surface area contributed by atoms with E-state index in [0.29, 0.717) is 31.9 Å². The van der Waals surface area contributed by atoms with Gasteiger partial charge in [0.15, 0.2) is 0 Å². The Morgan fingerprint density at radius 1 is 1.35 bits per heavy atom. The molecule has 0 spiro atoms. The number of carbonyl (C=O) groups is 2. The molecule has 0 bridgehead atoms. The first-order valence-electron chi connectivity index (χ1n) is 6.48. The van der Waals surface area contributed by atoms with Crippen LogP contribution in [0.5, 0.6) is 0 Å². The van der Waals surface area contributed by atoms with Gasteiger partial charge in [-0.05, 0) is 19.1 Å². The summed E-state index contributed by atoms with van der Waals surface area (Å²) in [6, 6.07) is 3.41. The number of piperazine rings is 1. The van der Waals surface area contributed by atoms with Crippen LogP contribution in [0.25, 0.3) is 0 Å². The first-order valence-corrected chi connectivity index (χ1v) is 6.48. The molecule has 1 aliphatic heterocycles. The average Bonchev–Trinajstić information content (AvgIpc) is 2.41. The quantitative estimate of drug-likeness (QED) is 0.846. The van der Waals surface area contributed by atoms with E-state index in [1.165, 1.54) is 0 Å². The second kappa shape index (κ2) is 6.33. The van der Waals surface area contributed by atoms with Crippen molar-refractivity contribution in [3.63, 3.8) is 0 Å². The number of amides is 2. The van der Waals surface area contributed by atoms with Crippen LogP contribution in [0.2, 0.25) is 0 Å². The molecular formula is C13H18N4O3. The summed E-state index contributed by atoms with van der Waals surface area (Å²) in [4.78, 5) is 30.3. The van der Waals surface area contributed by atoms with E-state index < -0.39 is 5.97 Å². The van der Waals surface area contributed by atoms with E-state index in [9.17, 15) is 9.59 Å². The number of hydrogen-bond acceptors (Lipinski definition) is 4. The molecule has 0 unspecified atom stereocenters. The summed E-state index contributed by atoms with van der Waals surface area (Å²) in [5, 5.41) is 11.5. The highest BCUT2D eigenvalue weighted by Crippen LogP contribution is 2.12. The van der Waals surface area contributed by atoms with E-state index in [2.05, 4.69) is 10.3 Å². The Hall–Kier alpha value is -2.15. The van der Waals surface area contributed by atoms with Gasteiger partial charge in [0.05, 0.1) is 17.9 Å². The number of nitrogens with one attached hydrogen (secondary N) is 1. The minimum absolute atomic E-state index is 0.0250. The van der Waals surface area contributed by atoms with Crippen molar-refractivity contribution in [3.8, 4) is 0 Å². The number of carboxylic acid groups (broad SMARTS) is 1. The molecular weight excluding hydrogens is 260 g/mol. The third-order valence-corrected chi connectivity index (χ3v) is 3.27. The lowest BCUT2D eigenvalue weighted by atomic mass is 10.3. The lowest BCUT2D eigenvalue weighted by Gasteiger charge is -2.33. The minimum atomic E-state index is -0.839. The van der Waals surface area contributed by atoms with E-state index in [4.69, 9.17) is 5.11 Å². The summed E-state index contributed by atoms with van der Waals surface area (Å²) in [6.07, 6.45) is 1.68. The highest BCUT2D eigenvalue weighted by molar-refractivity contribution is 5.89. The van der Waals surface area contributed by atoms with Crippen LogP contribution in [0.15, 0.2) is 18.3 Å². The van der Waals surface area contributed by atoms with E-state index in [0.717, 1.165) is 5.69 Å². The van der Waals surface area contributed by atoms with Gasteiger partial charge in [0.2, 0.25) is 0 Å². The zero-order valence-corrected chi connectivity index (χ0v) is 11.4. The first-order chi connectivity index (χ1) is 9.56. The van der Waals surface area contributed by atoms with E-state index in [1.54, 1.807) is 23.2 Å². The number of anilines is 1. The Balaban J connectivity index is 1.86. The van der Waals surface area contributed by atoms with Crippen molar-refractivity contribution < 1.29 is 14.7 Å². The number of aryl methyl sites for hydroxylation is 1. The van der Waals surface area contributed by atoms with Gasteiger partial charge in [0.1, 0.15) is 0 Å². The molecule has 0 saturated carbocycles. The van der Waals surface area contributed by atoms with Gasteiger partial charge in [-0.3, -0.25) is 14.7 Å². The van der Waals surface area contributed by atoms with Crippen molar-refractivity contribution in [3.05, 3.63) is 24.0 Å². The lowest BCUT2D eigenvalue weighted by Crippen LogP contribution is -2.51. The maximum atomic E-state index is 12.1. The molecule has 1 saturated heterocycles. The number of hydrogen-bond donors (Lipinski definition) is 2. The number of nitrogens with zero attached hydrogens (tertiary/aromatic N) is 3. The Morgan fingerprint density at radius 2 is 2.05 bits per heavy atom. The highest BCUT2D eigenvalue weighted by Gasteiger charge is 2.22. The SMILES string of the molecule is Cc1ncccc1NC(=O)N1CCN(CC(=O)O)CC1. The molecule has 7 heteroatoms. The summed E-state index contributed by atoms with van der Waals surface area (Å²) in [6.45, 7) is 4.06. The first kappa shape index (κ1) is 14.3. The number of pyridine rings is 1. The van der Waals surface area contributed by atoms with E-state index in [-0.39, 0.29) is 12.6 Å². The van der Waals surface area contributed by atoms with Gasteiger partial charge in [-0.15, -0.1) is 0 Å². The van der Waals surface area contributed by atoms with Gasteiger partial charge in [-0.25, -0.2) is 4.79 Å². The molecule has 0 aromatic carbocycles. The minimum Gasteiger partial charge on any atom is -0.480 e. The lowest BCUT2D eigenvalue weighted by molar-refractivity contribution is -0.138. The fraction of sp³-hybridized carbons (Fsp3) is 0.462. The normalized spacial score (nSPS) is 15.9. The van der Waals surface area contributed by atoms with Crippen LogP contribution in [0.4, 0.5) is 10.5 Å². The molecule has 20 heavy (non-hydrogen) atoms. The molecule has 1 aliphatic rings. The molecule has 0 radical (unpaired) electrons. The summed E-state index contributed by atoms with van der Waals surface area (Å²) in [7, 11) is 0. The van der Waals surface area contributed by atoms with Crippen LogP contribution in [0, 0.1) is 6.92 Å². The molecule has 2 N–H and O–H groups in total. The van der Waals surface area contributed by atoms with Crippen molar-refractivity contribution >= 4 is 17.7 Å². The molecule has 0 atom stereocenters. The van der Waals surface area contributed by atoms with Gasteiger partial charge in [-0.2, -0.15) is 0 Å². The van der Waals surface area contributed by atoms with Crippen molar-refractivity contribution in [2.45, 2.75) is 6.92 Å². The summed E-state index contributed by atoms with van der Waals surface area (Å²) in [5.74, 6) is -0.839. The second-order valence-electron chi connectivity index (χ2n) is 4.72. The standard InChI is InChI=1S/C13H18N4O3/c1-10-11(3-2-4-14-10)15-13(20)17-7-5-16(6-8-17)9-12(18)19/h2-4H,5-9H2,1H3,(H,15,20)(H,18,19). The molecule has 2 amide bonds. The number of rotatable bonds is 3. The number of carbonyl (C=O) groups excluding carboxylic acids is 1. The monoisotopic (exact) mass is 278 g/mol. The topological polar surface area (TPSA) is 85.8 Å². The zero-order chi connectivity index (χ0) is 14.5. The van der Waals surface area contributed by atoms with Gasteiger partial charge in [0.25, 0.3) is 0 Å². The van der Waals surface area contributed by atoms with Crippen LogP contribution >= 0.6 is 0 Å². The second-order valence-corrected chi connectivity index (χ2v) is 4.72. The molecule has 0 aliphatic carbocycles. The predicted octanol–water partition coefficient (Wildman–Crippen LogP) is 0.624. The third-order valence-electron chi connectivity index (χ3n) is 3.27. The van der Waals surface area contributed by atoms with Crippen LogP contribution < -0.4 is 5.32 Å². The van der Waals surface area contributed by atoms with Crippen molar-refractivity contribution in [2.75, 3.05) is 38.0 Å². The molecule has 7 nitrogen and oxygen atoms in total. The zero-order valence-electron chi connectivity index (χ0n) is 11.4. The molecule has 1 aromatic heterocycles. The van der Waals surface area contributed by atoms with Crippen LogP contribution in [0.3, 0.4) is 0 Å². The Morgan fingerprint density at radius 3 is 2.65 bits per heavy atom. The van der Waals surface area contributed by atoms with Gasteiger partial charge >= 0.3 is 12.0 Å². The van der Waals surface area contributed by atoms with Crippen molar-refractivity contribution in [2.24, 2.45) is 0 Å². The fourth-order valence-electron chi connectivity index (χ4n) is 2.11. The number of aliphatic carboxylic acids is 1. The van der Waals surface area contributed by atoms with E-state index >= 15 is 0 Å². The summed E-state index contributed by atoms with van der Waals surface area (Å²) >= 11 is 0. The van der Waals surface area contributed by atoms with Crippen molar-refractivity contribution in [1.82, 2.24) is 14.8 Å². The third kappa shape index (κ3) is 3.67. The molecule has 1 fully saturated rings. The number of carboxylic acids is 1.